The van der Waals surface area contributed by atoms with E-state index in [1.807, 2.05) is 13.8 Å². The summed E-state index contributed by atoms with van der Waals surface area (Å²) in [6, 6.07) is 0. The summed E-state index contributed by atoms with van der Waals surface area (Å²) in [6.07, 6.45) is 5.61. The van der Waals surface area contributed by atoms with E-state index in [4.69, 9.17) is 10.2 Å². The Morgan fingerprint density at radius 3 is 2.21 bits per heavy atom. The van der Waals surface area contributed by atoms with E-state index >= 15 is 0 Å². The predicted octanol–water partition coefficient (Wildman–Crippen LogP) is 1.43. The van der Waals surface area contributed by atoms with Gasteiger partial charge < -0.3 is 15.3 Å². The largest absolute Gasteiger partial charge is 0.390 e. The SMILES string of the molecule is CC1=CCC(C(C)(C)O)CC1.OCO. The number of rotatable bonds is 1. The van der Waals surface area contributed by atoms with Gasteiger partial charge in [-0.05, 0) is 46.0 Å². The van der Waals surface area contributed by atoms with Crippen LogP contribution in [0.2, 0.25) is 0 Å². The minimum atomic E-state index is -0.750. The van der Waals surface area contributed by atoms with Crippen LogP contribution in [0, 0.1) is 5.92 Å². The number of hydrogen-bond acceptors (Lipinski definition) is 3. The zero-order valence-corrected chi connectivity index (χ0v) is 9.32. The topological polar surface area (TPSA) is 60.7 Å². The van der Waals surface area contributed by atoms with E-state index in [1.165, 1.54) is 5.57 Å². The summed E-state index contributed by atoms with van der Waals surface area (Å²) in [6.45, 7) is 5.24. The number of aliphatic hydroxyl groups excluding tert-OH is 1. The molecule has 0 spiro atoms. The molecule has 1 aliphatic carbocycles. The van der Waals surface area contributed by atoms with E-state index in [0.29, 0.717) is 5.92 Å². The Bertz CT molecular complexity index is 179. The summed E-state index contributed by atoms with van der Waals surface area (Å²) >= 11 is 0. The second kappa shape index (κ2) is 6.17. The van der Waals surface area contributed by atoms with Crippen LogP contribution in [0.5, 0.6) is 0 Å². The van der Waals surface area contributed by atoms with Gasteiger partial charge in [0, 0.05) is 0 Å². The van der Waals surface area contributed by atoms with Crippen LogP contribution < -0.4 is 0 Å². The van der Waals surface area contributed by atoms with Crippen LogP contribution in [-0.4, -0.2) is 27.7 Å². The van der Waals surface area contributed by atoms with Crippen molar-refractivity contribution in [2.45, 2.75) is 45.6 Å². The van der Waals surface area contributed by atoms with Crippen molar-refractivity contribution in [3.63, 3.8) is 0 Å². The third kappa shape index (κ3) is 5.37. The summed E-state index contributed by atoms with van der Waals surface area (Å²) in [7, 11) is 0. The first-order valence-electron chi connectivity index (χ1n) is 5.01. The van der Waals surface area contributed by atoms with Crippen molar-refractivity contribution in [3.8, 4) is 0 Å². The minimum absolute atomic E-state index is 0.464. The van der Waals surface area contributed by atoms with Crippen molar-refractivity contribution in [3.05, 3.63) is 11.6 Å². The molecule has 1 atom stereocenters. The standard InChI is InChI=1S/C10H18O.CH4O2/c1-8-4-6-9(7-5-8)10(2,3)11;2-1-3/h4,9,11H,5-7H2,1-3H3;2-3H,1H2. The molecular weight excluding hydrogens is 180 g/mol. The highest BCUT2D eigenvalue weighted by atomic mass is 16.5. The van der Waals surface area contributed by atoms with Gasteiger partial charge in [-0.15, -0.1) is 0 Å². The van der Waals surface area contributed by atoms with Crippen LogP contribution >= 0.6 is 0 Å². The van der Waals surface area contributed by atoms with E-state index in [-0.39, 0.29) is 0 Å². The van der Waals surface area contributed by atoms with E-state index in [2.05, 4.69) is 13.0 Å². The molecule has 0 heterocycles. The first-order valence-corrected chi connectivity index (χ1v) is 5.01. The molecule has 0 amide bonds. The molecule has 0 radical (unpaired) electrons. The van der Waals surface area contributed by atoms with Gasteiger partial charge >= 0.3 is 0 Å². The molecule has 3 N–H and O–H groups in total. The molecule has 1 aliphatic rings. The first kappa shape index (κ1) is 13.6. The molecule has 0 aromatic rings. The van der Waals surface area contributed by atoms with Crippen molar-refractivity contribution in [2.24, 2.45) is 5.92 Å². The molecule has 1 unspecified atom stereocenters. The Morgan fingerprint density at radius 1 is 1.43 bits per heavy atom. The molecule has 14 heavy (non-hydrogen) atoms. The first-order chi connectivity index (χ1) is 6.41. The Kier molecular flexibility index (Phi) is 6.00. The molecule has 0 saturated carbocycles. The summed E-state index contributed by atoms with van der Waals surface area (Å²) in [5.74, 6) is 0.464. The number of allylic oxidation sites excluding steroid dienone is 2. The van der Waals surface area contributed by atoms with Crippen LogP contribution in [0.1, 0.15) is 40.0 Å². The van der Waals surface area contributed by atoms with Crippen molar-refractivity contribution in [1.29, 1.82) is 0 Å². The van der Waals surface area contributed by atoms with Crippen LogP contribution in [0.4, 0.5) is 0 Å². The molecule has 3 nitrogen and oxygen atoms in total. The second-order valence-corrected chi connectivity index (χ2v) is 4.32. The van der Waals surface area contributed by atoms with Gasteiger partial charge in [0.05, 0.1) is 5.60 Å². The maximum absolute atomic E-state index is 9.70. The molecule has 0 saturated heterocycles. The lowest BCUT2D eigenvalue weighted by atomic mass is 9.80. The zero-order valence-electron chi connectivity index (χ0n) is 9.32. The van der Waals surface area contributed by atoms with Crippen LogP contribution in [0.25, 0.3) is 0 Å². The summed E-state index contributed by atoms with van der Waals surface area (Å²) in [4.78, 5) is 0. The fourth-order valence-electron chi connectivity index (χ4n) is 1.61. The summed E-state index contributed by atoms with van der Waals surface area (Å²) in [5.41, 5.74) is 0.988. The van der Waals surface area contributed by atoms with Gasteiger partial charge in [-0.3, -0.25) is 0 Å². The lowest BCUT2D eigenvalue weighted by Gasteiger charge is -2.31. The quantitative estimate of drug-likeness (QED) is 0.445. The van der Waals surface area contributed by atoms with Gasteiger partial charge in [-0.25, -0.2) is 0 Å². The number of aliphatic hydroxyl groups is 3. The molecular formula is C11H22O3. The van der Waals surface area contributed by atoms with E-state index in [9.17, 15) is 5.11 Å². The van der Waals surface area contributed by atoms with Gasteiger partial charge in [0.1, 0.15) is 6.79 Å². The molecule has 0 aromatic heterocycles. The van der Waals surface area contributed by atoms with Gasteiger partial charge in [0.2, 0.25) is 0 Å². The highest BCUT2D eigenvalue weighted by molar-refractivity contribution is 5.04. The maximum Gasteiger partial charge on any atom is 0.140 e. The Hall–Kier alpha value is -0.380. The Balaban J connectivity index is 0.000000500. The van der Waals surface area contributed by atoms with Gasteiger partial charge in [0.15, 0.2) is 0 Å². The third-order valence-corrected chi connectivity index (χ3v) is 2.64. The third-order valence-electron chi connectivity index (χ3n) is 2.64. The monoisotopic (exact) mass is 202 g/mol. The van der Waals surface area contributed by atoms with Crippen molar-refractivity contribution >= 4 is 0 Å². The fourth-order valence-corrected chi connectivity index (χ4v) is 1.61. The average molecular weight is 202 g/mol. The van der Waals surface area contributed by atoms with Crippen LogP contribution in [0.15, 0.2) is 11.6 Å². The Labute approximate surface area is 86.1 Å². The normalized spacial score (nSPS) is 22.1. The molecule has 0 aromatic carbocycles. The van der Waals surface area contributed by atoms with Crippen molar-refractivity contribution < 1.29 is 15.3 Å². The van der Waals surface area contributed by atoms with Crippen molar-refractivity contribution in [1.82, 2.24) is 0 Å². The summed E-state index contributed by atoms with van der Waals surface area (Å²) in [5, 5.41) is 23.9. The van der Waals surface area contributed by atoms with Crippen LogP contribution in [0.3, 0.4) is 0 Å². The average Bonchev–Trinajstić information content (AvgIpc) is 2.04. The fraction of sp³-hybridized carbons (Fsp3) is 0.818. The lowest BCUT2D eigenvalue weighted by molar-refractivity contribution is 0.0126. The zero-order chi connectivity index (χ0) is 11.2. The number of hydrogen-bond donors (Lipinski definition) is 3. The highest BCUT2D eigenvalue weighted by Gasteiger charge is 2.27. The predicted molar refractivity (Wildman–Crippen MR) is 56.7 cm³/mol. The summed E-state index contributed by atoms with van der Waals surface area (Å²) < 4.78 is 0. The van der Waals surface area contributed by atoms with E-state index in [0.717, 1.165) is 19.3 Å². The Morgan fingerprint density at radius 2 is 1.93 bits per heavy atom. The van der Waals surface area contributed by atoms with Crippen LogP contribution in [-0.2, 0) is 0 Å². The van der Waals surface area contributed by atoms with Gasteiger partial charge in [-0.2, -0.15) is 0 Å². The smallest absolute Gasteiger partial charge is 0.140 e. The van der Waals surface area contributed by atoms with Gasteiger partial charge in [0.25, 0.3) is 0 Å². The molecule has 3 heteroatoms. The molecule has 1 rings (SSSR count). The second-order valence-electron chi connectivity index (χ2n) is 4.32. The maximum atomic E-state index is 9.70. The van der Waals surface area contributed by atoms with E-state index < -0.39 is 12.4 Å². The van der Waals surface area contributed by atoms with Gasteiger partial charge in [-0.1, -0.05) is 11.6 Å². The minimum Gasteiger partial charge on any atom is -0.390 e. The highest BCUT2D eigenvalue weighted by Crippen LogP contribution is 2.31. The molecule has 84 valence electrons. The van der Waals surface area contributed by atoms with Crippen molar-refractivity contribution in [2.75, 3.05) is 6.79 Å². The molecule has 0 fully saturated rings. The van der Waals surface area contributed by atoms with E-state index in [1.54, 1.807) is 0 Å². The lowest BCUT2D eigenvalue weighted by Crippen LogP contribution is -2.31. The molecule has 0 bridgehead atoms. The molecule has 0 aliphatic heterocycles.